The summed E-state index contributed by atoms with van der Waals surface area (Å²) in [4.78, 5) is 11.9. The Morgan fingerprint density at radius 2 is 2.11 bits per heavy atom. The van der Waals surface area contributed by atoms with Crippen LogP contribution >= 0.6 is 11.6 Å². The zero-order valence-corrected chi connectivity index (χ0v) is 11.3. The molecule has 0 fully saturated rings. The van der Waals surface area contributed by atoms with Crippen LogP contribution in [0.15, 0.2) is 18.2 Å². The van der Waals surface area contributed by atoms with Gasteiger partial charge in [0.25, 0.3) is 0 Å². The maximum atomic E-state index is 13.1. The van der Waals surface area contributed by atoms with Crippen LogP contribution in [0.25, 0.3) is 0 Å². The first-order valence-electron chi connectivity index (χ1n) is 5.89. The highest BCUT2D eigenvalue weighted by atomic mass is 35.5. The molecule has 3 nitrogen and oxygen atoms in total. The van der Waals surface area contributed by atoms with Gasteiger partial charge in [0.15, 0.2) is 0 Å². The molecule has 1 unspecified atom stereocenters. The molecule has 1 rings (SSSR count). The van der Waals surface area contributed by atoms with E-state index in [0.29, 0.717) is 18.0 Å². The smallest absolute Gasteiger partial charge is 0.228 e. The molecule has 0 aromatic heterocycles. The molecular formula is C13H18ClFN2O. The van der Waals surface area contributed by atoms with Gasteiger partial charge < -0.3 is 11.1 Å². The SMILES string of the molecule is CC(C)CC(CN)C(=O)Nc1cc(F)cc(Cl)c1. The Kier molecular flexibility index (Phi) is 5.56. The van der Waals surface area contributed by atoms with Crippen molar-refractivity contribution in [3.8, 4) is 0 Å². The van der Waals surface area contributed by atoms with E-state index >= 15 is 0 Å². The second kappa shape index (κ2) is 6.71. The summed E-state index contributed by atoms with van der Waals surface area (Å²) in [6, 6.07) is 3.92. The summed E-state index contributed by atoms with van der Waals surface area (Å²) in [7, 11) is 0. The van der Waals surface area contributed by atoms with Crippen molar-refractivity contribution in [3.05, 3.63) is 29.0 Å². The minimum Gasteiger partial charge on any atom is -0.330 e. The molecule has 0 aliphatic rings. The molecule has 0 aliphatic heterocycles. The molecule has 1 aromatic rings. The van der Waals surface area contributed by atoms with E-state index in [1.54, 1.807) is 0 Å². The Morgan fingerprint density at radius 1 is 1.44 bits per heavy atom. The minimum atomic E-state index is -0.481. The Morgan fingerprint density at radius 3 is 2.61 bits per heavy atom. The number of carbonyl (C=O) groups is 1. The molecule has 1 aromatic carbocycles. The molecule has 0 radical (unpaired) electrons. The number of nitrogens with two attached hydrogens (primary N) is 1. The minimum absolute atomic E-state index is 0.201. The Hall–Kier alpha value is -1.13. The van der Waals surface area contributed by atoms with Crippen LogP contribution in [0.5, 0.6) is 0 Å². The Balaban J connectivity index is 2.73. The van der Waals surface area contributed by atoms with Gasteiger partial charge >= 0.3 is 0 Å². The second-order valence-corrected chi connectivity index (χ2v) is 5.15. The summed E-state index contributed by atoms with van der Waals surface area (Å²) in [5, 5.41) is 2.89. The quantitative estimate of drug-likeness (QED) is 0.866. The van der Waals surface area contributed by atoms with Crippen LogP contribution in [0.2, 0.25) is 5.02 Å². The van der Waals surface area contributed by atoms with Crippen molar-refractivity contribution < 1.29 is 9.18 Å². The van der Waals surface area contributed by atoms with E-state index in [0.717, 1.165) is 0 Å². The highest BCUT2D eigenvalue weighted by Crippen LogP contribution is 2.19. The van der Waals surface area contributed by atoms with Crippen molar-refractivity contribution in [1.29, 1.82) is 0 Å². The Labute approximate surface area is 112 Å². The van der Waals surface area contributed by atoms with Gasteiger partial charge in [0.05, 0.1) is 5.92 Å². The molecule has 0 bridgehead atoms. The van der Waals surface area contributed by atoms with Crippen LogP contribution in [0.1, 0.15) is 20.3 Å². The lowest BCUT2D eigenvalue weighted by Gasteiger charge is -2.16. The highest BCUT2D eigenvalue weighted by molar-refractivity contribution is 6.30. The van der Waals surface area contributed by atoms with Crippen molar-refractivity contribution >= 4 is 23.2 Å². The van der Waals surface area contributed by atoms with Crippen LogP contribution < -0.4 is 11.1 Å². The fourth-order valence-corrected chi connectivity index (χ4v) is 1.97. The largest absolute Gasteiger partial charge is 0.330 e. The van der Waals surface area contributed by atoms with Crippen molar-refractivity contribution in [2.24, 2.45) is 17.6 Å². The first kappa shape index (κ1) is 14.9. The number of hydrogen-bond acceptors (Lipinski definition) is 2. The number of rotatable bonds is 5. The fraction of sp³-hybridized carbons (Fsp3) is 0.462. The van der Waals surface area contributed by atoms with E-state index in [-0.39, 0.29) is 23.4 Å². The topological polar surface area (TPSA) is 55.1 Å². The number of benzene rings is 1. The van der Waals surface area contributed by atoms with Crippen LogP contribution in [0.4, 0.5) is 10.1 Å². The van der Waals surface area contributed by atoms with Gasteiger partial charge in [0, 0.05) is 17.3 Å². The Bertz CT molecular complexity index is 403. The summed E-state index contributed by atoms with van der Waals surface area (Å²) >= 11 is 5.72. The van der Waals surface area contributed by atoms with Crippen LogP contribution in [-0.4, -0.2) is 12.5 Å². The number of amides is 1. The summed E-state index contributed by atoms with van der Waals surface area (Å²) < 4.78 is 13.1. The van der Waals surface area contributed by atoms with Crippen LogP contribution in [0.3, 0.4) is 0 Å². The lowest BCUT2D eigenvalue weighted by Crippen LogP contribution is -2.30. The average molecular weight is 273 g/mol. The van der Waals surface area contributed by atoms with Crippen molar-refractivity contribution in [2.75, 3.05) is 11.9 Å². The number of halogens is 2. The zero-order chi connectivity index (χ0) is 13.7. The predicted octanol–water partition coefficient (Wildman–Crippen LogP) is 3.04. The molecule has 0 aliphatic carbocycles. The summed E-state index contributed by atoms with van der Waals surface area (Å²) in [6.07, 6.45) is 0.700. The van der Waals surface area contributed by atoms with Crippen molar-refractivity contribution in [1.82, 2.24) is 0 Å². The molecule has 1 atom stereocenters. The van der Waals surface area contributed by atoms with Gasteiger partial charge in [-0.05, 0) is 30.5 Å². The average Bonchev–Trinajstić information content (AvgIpc) is 2.23. The van der Waals surface area contributed by atoms with Gasteiger partial charge in [-0.3, -0.25) is 4.79 Å². The number of anilines is 1. The van der Waals surface area contributed by atoms with E-state index < -0.39 is 5.82 Å². The monoisotopic (exact) mass is 272 g/mol. The van der Waals surface area contributed by atoms with E-state index in [2.05, 4.69) is 5.32 Å². The third-order valence-corrected chi connectivity index (χ3v) is 2.76. The van der Waals surface area contributed by atoms with Gasteiger partial charge in [-0.2, -0.15) is 0 Å². The lowest BCUT2D eigenvalue weighted by atomic mass is 9.96. The maximum Gasteiger partial charge on any atom is 0.228 e. The molecule has 0 spiro atoms. The van der Waals surface area contributed by atoms with Crippen molar-refractivity contribution in [3.63, 3.8) is 0 Å². The predicted molar refractivity (Wildman–Crippen MR) is 72.0 cm³/mol. The van der Waals surface area contributed by atoms with Gasteiger partial charge in [-0.1, -0.05) is 25.4 Å². The van der Waals surface area contributed by atoms with Crippen LogP contribution in [-0.2, 0) is 4.79 Å². The molecule has 5 heteroatoms. The molecule has 3 N–H and O–H groups in total. The first-order valence-corrected chi connectivity index (χ1v) is 6.27. The maximum absolute atomic E-state index is 13.1. The van der Waals surface area contributed by atoms with E-state index in [1.807, 2.05) is 13.8 Å². The number of hydrogen-bond donors (Lipinski definition) is 2. The van der Waals surface area contributed by atoms with Gasteiger partial charge in [-0.15, -0.1) is 0 Å². The summed E-state index contributed by atoms with van der Waals surface area (Å²) in [6.45, 7) is 4.32. The van der Waals surface area contributed by atoms with E-state index in [9.17, 15) is 9.18 Å². The number of nitrogens with one attached hydrogen (secondary N) is 1. The first-order chi connectivity index (χ1) is 8.42. The standard InChI is InChI=1S/C13H18ClFN2O/c1-8(2)3-9(7-16)13(18)17-12-5-10(14)4-11(15)6-12/h4-6,8-9H,3,7,16H2,1-2H3,(H,17,18). The molecule has 18 heavy (non-hydrogen) atoms. The summed E-state index contributed by atoms with van der Waals surface area (Å²) in [5.74, 6) is -0.578. The third kappa shape index (κ3) is 4.63. The summed E-state index contributed by atoms with van der Waals surface area (Å²) in [5.41, 5.74) is 5.93. The number of carbonyl (C=O) groups excluding carboxylic acids is 1. The normalized spacial score (nSPS) is 12.6. The third-order valence-electron chi connectivity index (χ3n) is 2.54. The van der Waals surface area contributed by atoms with Gasteiger partial charge in [0.2, 0.25) is 5.91 Å². The van der Waals surface area contributed by atoms with Crippen LogP contribution in [0, 0.1) is 17.7 Å². The van der Waals surface area contributed by atoms with Gasteiger partial charge in [-0.25, -0.2) is 4.39 Å². The lowest BCUT2D eigenvalue weighted by molar-refractivity contribution is -0.120. The highest BCUT2D eigenvalue weighted by Gasteiger charge is 2.18. The zero-order valence-electron chi connectivity index (χ0n) is 10.5. The molecule has 1 amide bonds. The van der Waals surface area contributed by atoms with E-state index in [1.165, 1.54) is 18.2 Å². The van der Waals surface area contributed by atoms with E-state index in [4.69, 9.17) is 17.3 Å². The van der Waals surface area contributed by atoms with Gasteiger partial charge in [0.1, 0.15) is 5.82 Å². The molecule has 0 saturated heterocycles. The molecular weight excluding hydrogens is 255 g/mol. The molecule has 100 valence electrons. The second-order valence-electron chi connectivity index (χ2n) is 4.71. The molecule has 0 heterocycles. The fourth-order valence-electron chi connectivity index (χ4n) is 1.75. The molecule has 0 saturated carbocycles. The van der Waals surface area contributed by atoms with Crippen molar-refractivity contribution in [2.45, 2.75) is 20.3 Å².